The summed E-state index contributed by atoms with van der Waals surface area (Å²) < 4.78 is 2.34. The van der Waals surface area contributed by atoms with Crippen LogP contribution < -0.4 is 0 Å². The third kappa shape index (κ3) is 2.29. The second-order valence-corrected chi connectivity index (χ2v) is 6.01. The topological polar surface area (TPSA) is 34.0 Å². The first-order chi connectivity index (χ1) is 10.8. The fraction of sp³-hybridized carbons (Fsp3) is 0.333. The molecule has 0 spiro atoms. The van der Waals surface area contributed by atoms with Gasteiger partial charge in [0.25, 0.3) is 0 Å². The summed E-state index contributed by atoms with van der Waals surface area (Å²) in [6.45, 7) is 1.14. The third-order valence-corrected chi connectivity index (χ3v) is 4.51. The van der Waals surface area contributed by atoms with Crippen molar-refractivity contribution in [2.75, 3.05) is 13.6 Å². The van der Waals surface area contributed by atoms with Crippen molar-refractivity contribution >= 4 is 11.2 Å². The van der Waals surface area contributed by atoms with E-state index in [0.717, 1.165) is 30.0 Å². The van der Waals surface area contributed by atoms with Gasteiger partial charge in [0, 0.05) is 12.6 Å². The Kier molecular flexibility index (Phi) is 3.39. The average Bonchev–Trinajstić information content (AvgIpc) is 3.11. The molecule has 2 aromatic heterocycles. The SMILES string of the molecule is CN1CCCC1n1c(Cc2ccccc2)nc2cccnc21. The summed E-state index contributed by atoms with van der Waals surface area (Å²) in [6, 6.07) is 14.6. The Morgan fingerprint density at radius 1 is 1.14 bits per heavy atom. The molecule has 0 N–H and O–H groups in total. The molecule has 1 unspecified atom stereocenters. The van der Waals surface area contributed by atoms with Gasteiger partial charge >= 0.3 is 0 Å². The predicted octanol–water partition coefficient (Wildman–Crippen LogP) is 3.25. The molecule has 0 bridgehead atoms. The Bertz CT molecular complexity index is 778. The Morgan fingerprint density at radius 3 is 2.77 bits per heavy atom. The van der Waals surface area contributed by atoms with Crippen LogP contribution in [0.4, 0.5) is 0 Å². The number of hydrogen-bond acceptors (Lipinski definition) is 3. The number of rotatable bonds is 3. The number of benzene rings is 1. The molecule has 1 aromatic carbocycles. The highest BCUT2D eigenvalue weighted by Gasteiger charge is 2.27. The van der Waals surface area contributed by atoms with Crippen LogP contribution in [0, 0.1) is 0 Å². The van der Waals surface area contributed by atoms with Crippen LogP contribution in [0.3, 0.4) is 0 Å². The van der Waals surface area contributed by atoms with Gasteiger partial charge in [0.15, 0.2) is 5.65 Å². The Labute approximate surface area is 130 Å². The van der Waals surface area contributed by atoms with Crippen LogP contribution in [0.25, 0.3) is 11.2 Å². The van der Waals surface area contributed by atoms with Crippen molar-refractivity contribution in [1.29, 1.82) is 0 Å². The van der Waals surface area contributed by atoms with Crippen molar-refractivity contribution in [1.82, 2.24) is 19.4 Å². The molecular weight excluding hydrogens is 272 g/mol. The number of hydrogen-bond donors (Lipinski definition) is 0. The van der Waals surface area contributed by atoms with E-state index in [-0.39, 0.29) is 0 Å². The molecule has 1 aliphatic heterocycles. The molecule has 1 saturated heterocycles. The second-order valence-electron chi connectivity index (χ2n) is 6.01. The minimum Gasteiger partial charge on any atom is -0.296 e. The van der Waals surface area contributed by atoms with Crippen molar-refractivity contribution in [2.24, 2.45) is 0 Å². The van der Waals surface area contributed by atoms with E-state index in [1.54, 1.807) is 0 Å². The van der Waals surface area contributed by atoms with E-state index in [2.05, 4.69) is 57.9 Å². The smallest absolute Gasteiger partial charge is 0.161 e. The molecule has 1 aliphatic rings. The van der Waals surface area contributed by atoms with Gasteiger partial charge in [-0.2, -0.15) is 0 Å². The van der Waals surface area contributed by atoms with Crippen LogP contribution in [-0.2, 0) is 6.42 Å². The van der Waals surface area contributed by atoms with Gasteiger partial charge < -0.3 is 0 Å². The second kappa shape index (κ2) is 5.54. The van der Waals surface area contributed by atoms with Crippen molar-refractivity contribution in [3.8, 4) is 0 Å². The van der Waals surface area contributed by atoms with Crippen molar-refractivity contribution in [3.63, 3.8) is 0 Å². The maximum atomic E-state index is 4.86. The van der Waals surface area contributed by atoms with E-state index in [4.69, 9.17) is 4.98 Å². The summed E-state index contributed by atoms with van der Waals surface area (Å²) in [5.74, 6) is 1.11. The quantitative estimate of drug-likeness (QED) is 0.743. The zero-order valence-electron chi connectivity index (χ0n) is 12.8. The van der Waals surface area contributed by atoms with E-state index in [9.17, 15) is 0 Å². The molecular formula is C18H20N4. The van der Waals surface area contributed by atoms with Crippen molar-refractivity contribution in [2.45, 2.75) is 25.4 Å². The first kappa shape index (κ1) is 13.5. The highest BCUT2D eigenvalue weighted by molar-refractivity contribution is 5.71. The molecule has 0 aliphatic carbocycles. The normalized spacial score (nSPS) is 19.0. The first-order valence-electron chi connectivity index (χ1n) is 7.89. The number of aromatic nitrogens is 3. The fourth-order valence-electron chi connectivity index (χ4n) is 3.41. The zero-order valence-corrected chi connectivity index (χ0v) is 12.8. The molecule has 0 saturated carbocycles. The highest BCUT2D eigenvalue weighted by atomic mass is 15.3. The fourth-order valence-corrected chi connectivity index (χ4v) is 3.41. The molecule has 3 aromatic rings. The molecule has 4 rings (SSSR count). The van der Waals surface area contributed by atoms with Gasteiger partial charge in [-0.25, -0.2) is 9.97 Å². The summed E-state index contributed by atoms with van der Waals surface area (Å²) in [7, 11) is 2.19. The van der Waals surface area contributed by atoms with Crippen LogP contribution in [-0.4, -0.2) is 33.0 Å². The molecule has 112 valence electrons. The zero-order chi connectivity index (χ0) is 14.9. The van der Waals surface area contributed by atoms with Gasteiger partial charge in [0.1, 0.15) is 11.3 Å². The molecule has 0 amide bonds. The van der Waals surface area contributed by atoms with Gasteiger partial charge in [-0.1, -0.05) is 30.3 Å². The lowest BCUT2D eigenvalue weighted by Gasteiger charge is -2.23. The van der Waals surface area contributed by atoms with Crippen LogP contribution in [0.5, 0.6) is 0 Å². The lowest BCUT2D eigenvalue weighted by molar-refractivity contribution is 0.238. The first-order valence-corrected chi connectivity index (χ1v) is 7.89. The maximum absolute atomic E-state index is 4.86. The number of pyridine rings is 1. The lowest BCUT2D eigenvalue weighted by Crippen LogP contribution is -2.25. The molecule has 4 heteroatoms. The Morgan fingerprint density at radius 2 is 2.00 bits per heavy atom. The minimum absolute atomic E-state index is 0.374. The van der Waals surface area contributed by atoms with E-state index in [0.29, 0.717) is 6.17 Å². The summed E-state index contributed by atoms with van der Waals surface area (Å²) >= 11 is 0. The van der Waals surface area contributed by atoms with E-state index >= 15 is 0 Å². The molecule has 1 fully saturated rings. The number of fused-ring (bicyclic) bond motifs is 1. The predicted molar refractivity (Wildman–Crippen MR) is 87.7 cm³/mol. The molecule has 3 heterocycles. The number of likely N-dealkylation sites (tertiary alicyclic amines) is 1. The van der Waals surface area contributed by atoms with Gasteiger partial charge in [-0.3, -0.25) is 9.47 Å². The largest absolute Gasteiger partial charge is 0.296 e. The molecule has 22 heavy (non-hydrogen) atoms. The van der Waals surface area contributed by atoms with Gasteiger partial charge in [0.05, 0.1) is 6.17 Å². The summed E-state index contributed by atoms with van der Waals surface area (Å²) in [5.41, 5.74) is 3.29. The molecule has 1 atom stereocenters. The van der Waals surface area contributed by atoms with Crippen LogP contribution >= 0.6 is 0 Å². The number of imidazole rings is 1. The Balaban J connectivity index is 1.82. The van der Waals surface area contributed by atoms with Crippen LogP contribution in [0.2, 0.25) is 0 Å². The monoisotopic (exact) mass is 292 g/mol. The van der Waals surface area contributed by atoms with Crippen LogP contribution in [0.1, 0.15) is 30.4 Å². The van der Waals surface area contributed by atoms with Crippen LogP contribution in [0.15, 0.2) is 48.7 Å². The molecule has 0 radical (unpaired) electrons. The van der Waals surface area contributed by atoms with Gasteiger partial charge in [-0.05, 0) is 44.1 Å². The average molecular weight is 292 g/mol. The van der Waals surface area contributed by atoms with Crippen molar-refractivity contribution < 1.29 is 0 Å². The minimum atomic E-state index is 0.374. The number of nitrogens with zero attached hydrogens (tertiary/aromatic N) is 4. The summed E-state index contributed by atoms with van der Waals surface area (Å²) in [4.78, 5) is 11.9. The Hall–Kier alpha value is -2.20. The van der Waals surface area contributed by atoms with Crippen molar-refractivity contribution in [3.05, 3.63) is 60.0 Å². The van der Waals surface area contributed by atoms with E-state index in [1.165, 1.54) is 18.4 Å². The standard InChI is InChI=1S/C18H20N4/c1-21-12-6-10-17(21)22-16(13-14-7-3-2-4-8-14)20-15-9-5-11-19-18(15)22/h2-5,7-9,11,17H,6,10,12-13H2,1H3. The van der Waals surface area contributed by atoms with E-state index in [1.807, 2.05) is 12.3 Å². The van der Waals surface area contributed by atoms with Gasteiger partial charge in [0.2, 0.25) is 0 Å². The molecule has 4 nitrogen and oxygen atoms in total. The van der Waals surface area contributed by atoms with Gasteiger partial charge in [-0.15, -0.1) is 0 Å². The summed E-state index contributed by atoms with van der Waals surface area (Å²) in [6.07, 6.45) is 5.49. The summed E-state index contributed by atoms with van der Waals surface area (Å²) in [5, 5.41) is 0. The highest BCUT2D eigenvalue weighted by Crippen LogP contribution is 2.30. The third-order valence-electron chi connectivity index (χ3n) is 4.51. The van der Waals surface area contributed by atoms with E-state index < -0.39 is 0 Å². The maximum Gasteiger partial charge on any atom is 0.161 e. The lowest BCUT2D eigenvalue weighted by atomic mass is 10.1.